The zero-order chi connectivity index (χ0) is 24.5. The number of carbonyl (C=O) groups excluding carboxylic acids is 1. The average Bonchev–Trinajstić information content (AvgIpc) is 3.17. The van der Waals surface area contributed by atoms with Gasteiger partial charge in [0.05, 0.1) is 11.3 Å². The van der Waals surface area contributed by atoms with Crippen LogP contribution in [0.5, 0.6) is 5.75 Å². The zero-order valence-corrected chi connectivity index (χ0v) is 17.7. The highest BCUT2D eigenvalue weighted by Gasteiger charge is 2.44. The molecule has 4 aromatic rings. The van der Waals surface area contributed by atoms with Crippen LogP contribution in [0.1, 0.15) is 21.6 Å². The first kappa shape index (κ1) is 23.0. The summed E-state index contributed by atoms with van der Waals surface area (Å²) in [6, 6.07) is 10.5. The molecule has 3 N–H and O–H groups in total. The third-order valence-corrected chi connectivity index (χ3v) is 4.93. The molecule has 12 heteroatoms. The topological polar surface area (TPSA) is 107 Å². The molecule has 8 nitrogen and oxygen atoms in total. The van der Waals surface area contributed by atoms with E-state index in [9.17, 15) is 22.4 Å². The number of nitrogens with zero attached hydrogens (tertiary/aromatic N) is 4. The predicted octanol–water partition coefficient (Wildman–Crippen LogP) is 3.85. The Morgan fingerprint density at radius 3 is 2.74 bits per heavy atom. The number of anilines is 1. The number of benzene rings is 1. The Bertz CT molecular complexity index is 1360. The summed E-state index contributed by atoms with van der Waals surface area (Å²) in [7, 11) is 0. The van der Waals surface area contributed by atoms with E-state index in [1.165, 1.54) is 22.7 Å². The van der Waals surface area contributed by atoms with Gasteiger partial charge in [-0.3, -0.25) is 9.78 Å². The van der Waals surface area contributed by atoms with Gasteiger partial charge in [-0.1, -0.05) is 18.2 Å². The molecule has 0 aliphatic heterocycles. The van der Waals surface area contributed by atoms with E-state index in [0.717, 1.165) is 11.6 Å². The first-order chi connectivity index (χ1) is 16.1. The minimum Gasteiger partial charge on any atom is -0.428 e. The number of nitrogen functional groups attached to an aromatic ring is 1. The van der Waals surface area contributed by atoms with Gasteiger partial charge in [-0.2, -0.15) is 22.5 Å². The summed E-state index contributed by atoms with van der Waals surface area (Å²) in [5, 5.41) is 6.59. The molecule has 3 aromatic heterocycles. The highest BCUT2D eigenvalue weighted by Crippen LogP contribution is 2.30. The van der Waals surface area contributed by atoms with Crippen molar-refractivity contribution in [3.63, 3.8) is 0 Å². The molecule has 0 unspecified atom stereocenters. The van der Waals surface area contributed by atoms with Crippen molar-refractivity contribution < 1.29 is 27.1 Å². The fourth-order valence-corrected chi connectivity index (χ4v) is 3.21. The molecular formula is C22H18F4N6O2. The Hall–Kier alpha value is -4.22. The number of fused-ring (bicyclic) bond motifs is 1. The molecule has 0 aliphatic rings. The molecule has 176 valence electrons. The van der Waals surface area contributed by atoms with Gasteiger partial charge in [0.1, 0.15) is 5.75 Å². The highest BCUT2D eigenvalue weighted by atomic mass is 19.3. The van der Waals surface area contributed by atoms with E-state index >= 15 is 0 Å². The lowest BCUT2D eigenvalue weighted by molar-refractivity contribution is -0.253. The number of ether oxygens (including phenoxy) is 1. The minimum absolute atomic E-state index is 0.104. The first-order valence-corrected chi connectivity index (χ1v) is 9.94. The van der Waals surface area contributed by atoms with Crippen molar-refractivity contribution in [2.75, 3.05) is 5.73 Å². The van der Waals surface area contributed by atoms with Crippen LogP contribution in [-0.2, 0) is 6.54 Å². The Labute approximate surface area is 190 Å². The van der Waals surface area contributed by atoms with Gasteiger partial charge < -0.3 is 15.8 Å². The van der Waals surface area contributed by atoms with Crippen LogP contribution < -0.4 is 15.8 Å². The van der Waals surface area contributed by atoms with Gasteiger partial charge in [0.15, 0.2) is 5.65 Å². The largest absolute Gasteiger partial charge is 0.461 e. The van der Waals surface area contributed by atoms with Crippen molar-refractivity contribution in [1.82, 2.24) is 24.9 Å². The standard InChI is InChI=1S/C22H18F4N6O2/c1-12-16(8-15(11-28-12)13-6-7-32-18(9-13)30-21(27)31-32)19(33)29-10-14-4-2-3-5-17(14)34-22(25,26)20(23)24/h2-9,11,20H,10H2,1H3,(H2,27,31)(H,29,33). The van der Waals surface area contributed by atoms with Gasteiger partial charge in [0, 0.05) is 30.1 Å². The van der Waals surface area contributed by atoms with Crippen LogP contribution in [0.25, 0.3) is 16.8 Å². The van der Waals surface area contributed by atoms with Crippen LogP contribution in [0.4, 0.5) is 23.5 Å². The first-order valence-electron chi connectivity index (χ1n) is 9.94. The Kier molecular flexibility index (Phi) is 6.05. The number of nitrogens with two attached hydrogens (primary N) is 1. The third kappa shape index (κ3) is 4.75. The molecule has 0 saturated heterocycles. The van der Waals surface area contributed by atoms with E-state index in [4.69, 9.17) is 5.73 Å². The lowest BCUT2D eigenvalue weighted by Gasteiger charge is -2.19. The number of nitrogens with one attached hydrogen (secondary N) is 1. The fraction of sp³-hybridized carbons (Fsp3) is 0.182. The molecule has 0 aliphatic carbocycles. The van der Waals surface area contributed by atoms with Crippen LogP contribution in [0, 0.1) is 6.92 Å². The van der Waals surface area contributed by atoms with Crippen molar-refractivity contribution in [3.8, 4) is 16.9 Å². The number of hydrogen-bond acceptors (Lipinski definition) is 6. The average molecular weight is 474 g/mol. The van der Waals surface area contributed by atoms with Gasteiger partial charge >= 0.3 is 12.5 Å². The quantitative estimate of drug-likeness (QED) is 0.394. The molecule has 0 atom stereocenters. The van der Waals surface area contributed by atoms with Crippen molar-refractivity contribution in [1.29, 1.82) is 0 Å². The molecule has 0 radical (unpaired) electrons. The van der Waals surface area contributed by atoms with E-state index in [1.54, 1.807) is 37.5 Å². The molecule has 0 bridgehead atoms. The Morgan fingerprint density at radius 1 is 1.21 bits per heavy atom. The van der Waals surface area contributed by atoms with E-state index in [1.807, 2.05) is 0 Å². The number of hydrogen-bond donors (Lipinski definition) is 2. The predicted molar refractivity (Wildman–Crippen MR) is 115 cm³/mol. The van der Waals surface area contributed by atoms with Gasteiger partial charge in [0.2, 0.25) is 5.95 Å². The summed E-state index contributed by atoms with van der Waals surface area (Å²) < 4.78 is 57.4. The van der Waals surface area contributed by atoms with Gasteiger partial charge in [-0.25, -0.2) is 4.52 Å². The maximum atomic E-state index is 13.3. The summed E-state index contributed by atoms with van der Waals surface area (Å²) in [5.41, 5.74) is 8.25. The summed E-state index contributed by atoms with van der Waals surface area (Å²) >= 11 is 0. The van der Waals surface area contributed by atoms with Gasteiger partial charge in [0.25, 0.3) is 5.91 Å². The van der Waals surface area contributed by atoms with Crippen molar-refractivity contribution in [2.24, 2.45) is 0 Å². The van der Waals surface area contributed by atoms with E-state index in [0.29, 0.717) is 16.9 Å². The smallest absolute Gasteiger partial charge is 0.428 e. The summed E-state index contributed by atoms with van der Waals surface area (Å²) in [5.74, 6) is -0.873. The maximum absolute atomic E-state index is 13.3. The number of rotatable bonds is 7. The summed E-state index contributed by atoms with van der Waals surface area (Å²) in [6.07, 6.45) is -5.40. The molecule has 34 heavy (non-hydrogen) atoms. The van der Waals surface area contributed by atoms with Crippen LogP contribution in [-0.4, -0.2) is 38.0 Å². The number of para-hydroxylation sites is 1. The van der Waals surface area contributed by atoms with Crippen LogP contribution in [0.3, 0.4) is 0 Å². The number of aromatic nitrogens is 4. The molecule has 1 amide bonds. The second-order valence-corrected chi connectivity index (χ2v) is 7.30. The minimum atomic E-state index is -4.66. The number of alkyl halides is 4. The SMILES string of the molecule is Cc1ncc(-c2ccn3nc(N)nc3c2)cc1C(=O)NCc1ccccc1OC(F)(F)C(F)F. The summed E-state index contributed by atoms with van der Waals surface area (Å²) in [4.78, 5) is 21.2. The zero-order valence-electron chi connectivity index (χ0n) is 17.7. The number of carbonyl (C=O) groups is 1. The molecule has 3 heterocycles. The molecular weight excluding hydrogens is 456 g/mol. The van der Waals surface area contributed by atoms with E-state index in [2.05, 4.69) is 25.1 Å². The second-order valence-electron chi connectivity index (χ2n) is 7.30. The van der Waals surface area contributed by atoms with E-state index in [-0.39, 0.29) is 23.6 Å². The normalized spacial score (nSPS) is 11.7. The summed E-state index contributed by atoms with van der Waals surface area (Å²) in [6.45, 7) is 1.41. The molecule has 0 spiro atoms. The molecule has 1 aromatic carbocycles. The Balaban J connectivity index is 1.54. The fourth-order valence-electron chi connectivity index (χ4n) is 3.21. The van der Waals surface area contributed by atoms with Crippen molar-refractivity contribution >= 4 is 17.5 Å². The molecule has 0 saturated carbocycles. The lowest BCUT2D eigenvalue weighted by atomic mass is 10.0. The van der Waals surface area contributed by atoms with Crippen molar-refractivity contribution in [3.05, 3.63) is 71.7 Å². The van der Waals surface area contributed by atoms with Gasteiger partial charge in [-0.05, 0) is 36.8 Å². The lowest BCUT2D eigenvalue weighted by Crippen LogP contribution is -2.34. The monoisotopic (exact) mass is 474 g/mol. The van der Waals surface area contributed by atoms with E-state index < -0.39 is 24.2 Å². The number of halogens is 4. The van der Waals surface area contributed by atoms with Crippen molar-refractivity contribution in [2.45, 2.75) is 26.0 Å². The number of amides is 1. The Morgan fingerprint density at radius 2 is 1.97 bits per heavy atom. The number of aryl methyl sites for hydroxylation is 1. The third-order valence-electron chi connectivity index (χ3n) is 4.93. The molecule has 4 rings (SSSR count). The van der Waals surface area contributed by atoms with Crippen LogP contribution in [0.15, 0.2) is 54.9 Å². The van der Waals surface area contributed by atoms with Gasteiger partial charge in [-0.15, -0.1) is 5.10 Å². The second kappa shape index (κ2) is 8.96. The van der Waals surface area contributed by atoms with Crippen LogP contribution >= 0.6 is 0 Å². The van der Waals surface area contributed by atoms with Crippen LogP contribution in [0.2, 0.25) is 0 Å². The highest BCUT2D eigenvalue weighted by molar-refractivity contribution is 5.96. The maximum Gasteiger partial charge on any atom is 0.461 e. The molecule has 0 fully saturated rings. The number of pyridine rings is 2.